The van der Waals surface area contributed by atoms with E-state index in [2.05, 4.69) is 18.3 Å². The Balaban J connectivity index is 2.17. The summed E-state index contributed by atoms with van der Waals surface area (Å²) in [6.45, 7) is 4.75. The zero-order valence-electron chi connectivity index (χ0n) is 12.2. The molecule has 0 aliphatic carbocycles. The summed E-state index contributed by atoms with van der Waals surface area (Å²) in [5.41, 5.74) is 1.14. The summed E-state index contributed by atoms with van der Waals surface area (Å²) < 4.78 is 11.4. The molecule has 0 spiro atoms. The first-order valence-corrected chi connectivity index (χ1v) is 6.91. The van der Waals surface area contributed by atoms with Crippen molar-refractivity contribution in [1.82, 2.24) is 5.32 Å². The van der Waals surface area contributed by atoms with Gasteiger partial charge in [-0.15, -0.1) is 0 Å². The van der Waals surface area contributed by atoms with Crippen LogP contribution in [0, 0.1) is 0 Å². The number of para-hydroxylation sites is 1. The Morgan fingerprint density at radius 3 is 2.30 bits per heavy atom. The molecule has 3 heteroatoms. The number of hydrogen-bond acceptors (Lipinski definition) is 3. The van der Waals surface area contributed by atoms with E-state index < -0.39 is 0 Å². The molecule has 2 aromatic rings. The summed E-state index contributed by atoms with van der Waals surface area (Å²) in [6, 6.07) is 16.0. The minimum atomic E-state index is 0.244. The van der Waals surface area contributed by atoms with Crippen molar-refractivity contribution in [3.05, 3.63) is 54.1 Å². The van der Waals surface area contributed by atoms with E-state index in [9.17, 15) is 0 Å². The van der Waals surface area contributed by atoms with Crippen LogP contribution in [0.2, 0.25) is 0 Å². The maximum Gasteiger partial charge on any atom is 0.132 e. The topological polar surface area (TPSA) is 30.5 Å². The smallest absolute Gasteiger partial charge is 0.132 e. The molecule has 0 fully saturated rings. The lowest BCUT2D eigenvalue weighted by atomic mass is 10.1. The van der Waals surface area contributed by atoms with Crippen molar-refractivity contribution in [2.24, 2.45) is 0 Å². The molecule has 20 heavy (non-hydrogen) atoms. The minimum Gasteiger partial charge on any atom is -0.494 e. The lowest BCUT2D eigenvalue weighted by Gasteiger charge is -2.16. The van der Waals surface area contributed by atoms with Gasteiger partial charge in [0, 0.05) is 11.6 Å². The third-order valence-corrected chi connectivity index (χ3v) is 3.18. The molecule has 0 aliphatic rings. The first kappa shape index (κ1) is 14.4. The Morgan fingerprint density at radius 2 is 1.65 bits per heavy atom. The molecule has 1 N–H and O–H groups in total. The Morgan fingerprint density at radius 1 is 1.00 bits per heavy atom. The molecule has 2 rings (SSSR count). The van der Waals surface area contributed by atoms with Crippen molar-refractivity contribution < 1.29 is 9.47 Å². The van der Waals surface area contributed by atoms with Gasteiger partial charge in [0.2, 0.25) is 0 Å². The van der Waals surface area contributed by atoms with E-state index in [-0.39, 0.29) is 6.04 Å². The second-order valence-corrected chi connectivity index (χ2v) is 4.55. The van der Waals surface area contributed by atoms with Gasteiger partial charge >= 0.3 is 0 Å². The fourth-order valence-electron chi connectivity index (χ4n) is 1.98. The van der Waals surface area contributed by atoms with Crippen LogP contribution in [-0.2, 0) is 0 Å². The summed E-state index contributed by atoms with van der Waals surface area (Å²) in [5.74, 6) is 2.54. The van der Waals surface area contributed by atoms with Crippen molar-refractivity contribution in [2.75, 3.05) is 13.7 Å². The van der Waals surface area contributed by atoms with Gasteiger partial charge in [-0.2, -0.15) is 0 Å². The normalized spacial score (nSPS) is 11.9. The van der Waals surface area contributed by atoms with Gasteiger partial charge in [0.15, 0.2) is 0 Å². The van der Waals surface area contributed by atoms with Crippen LogP contribution in [0.3, 0.4) is 0 Å². The number of nitrogens with one attached hydrogen (secondary N) is 1. The molecular weight excluding hydrogens is 250 g/mol. The van der Waals surface area contributed by atoms with Crippen molar-refractivity contribution in [3.8, 4) is 17.2 Å². The van der Waals surface area contributed by atoms with E-state index in [0.717, 1.165) is 22.8 Å². The van der Waals surface area contributed by atoms with E-state index in [0.29, 0.717) is 6.61 Å². The largest absolute Gasteiger partial charge is 0.494 e. The van der Waals surface area contributed by atoms with E-state index >= 15 is 0 Å². The van der Waals surface area contributed by atoms with Gasteiger partial charge in [0.05, 0.1) is 6.61 Å². The van der Waals surface area contributed by atoms with E-state index in [1.54, 1.807) is 0 Å². The lowest BCUT2D eigenvalue weighted by molar-refractivity contribution is 0.339. The van der Waals surface area contributed by atoms with Crippen LogP contribution >= 0.6 is 0 Å². The third kappa shape index (κ3) is 3.52. The first-order valence-electron chi connectivity index (χ1n) is 6.91. The molecule has 1 unspecified atom stereocenters. The molecular formula is C17H21NO2. The molecule has 0 amide bonds. The molecule has 106 valence electrons. The molecule has 0 heterocycles. The zero-order valence-corrected chi connectivity index (χ0v) is 12.2. The molecule has 0 saturated heterocycles. The average Bonchev–Trinajstić information content (AvgIpc) is 2.49. The van der Waals surface area contributed by atoms with Crippen molar-refractivity contribution in [3.63, 3.8) is 0 Å². The molecule has 0 aliphatic heterocycles. The Labute approximate surface area is 120 Å². The first-order chi connectivity index (χ1) is 9.74. The molecule has 1 atom stereocenters. The number of benzene rings is 2. The van der Waals surface area contributed by atoms with E-state index in [1.807, 2.05) is 56.4 Å². The van der Waals surface area contributed by atoms with Gasteiger partial charge in [-0.3, -0.25) is 0 Å². The minimum absolute atomic E-state index is 0.244. The Kier molecular flexibility index (Phi) is 5.02. The Hall–Kier alpha value is -2.00. The molecule has 3 nitrogen and oxygen atoms in total. The summed E-state index contributed by atoms with van der Waals surface area (Å²) in [4.78, 5) is 0. The highest BCUT2D eigenvalue weighted by Crippen LogP contribution is 2.30. The standard InChI is InChI=1S/C17H21NO2/c1-4-19-14-9-11-15(12-10-14)20-17-8-6-5-7-16(17)13(2)18-3/h5-13,18H,4H2,1-3H3. The SMILES string of the molecule is CCOc1ccc(Oc2ccccc2C(C)NC)cc1. The fraction of sp³-hybridized carbons (Fsp3) is 0.294. The summed E-state index contributed by atoms with van der Waals surface area (Å²) in [5, 5.41) is 3.23. The van der Waals surface area contributed by atoms with Crippen LogP contribution in [0.15, 0.2) is 48.5 Å². The molecule has 0 bridgehead atoms. The van der Waals surface area contributed by atoms with Crippen LogP contribution < -0.4 is 14.8 Å². The van der Waals surface area contributed by atoms with Gasteiger partial charge in [-0.05, 0) is 51.2 Å². The van der Waals surface area contributed by atoms with Crippen LogP contribution in [0.4, 0.5) is 0 Å². The second kappa shape index (κ2) is 6.96. The van der Waals surface area contributed by atoms with Crippen LogP contribution in [0.25, 0.3) is 0 Å². The maximum absolute atomic E-state index is 5.97. The molecule has 0 saturated carbocycles. The van der Waals surface area contributed by atoms with Gasteiger partial charge in [-0.25, -0.2) is 0 Å². The number of hydrogen-bond donors (Lipinski definition) is 1. The quantitative estimate of drug-likeness (QED) is 0.855. The van der Waals surface area contributed by atoms with Crippen LogP contribution in [-0.4, -0.2) is 13.7 Å². The molecule has 2 aromatic carbocycles. The maximum atomic E-state index is 5.97. The monoisotopic (exact) mass is 271 g/mol. The summed E-state index contributed by atoms with van der Waals surface area (Å²) in [7, 11) is 1.94. The average molecular weight is 271 g/mol. The molecule has 0 radical (unpaired) electrons. The van der Waals surface area contributed by atoms with Crippen LogP contribution in [0.5, 0.6) is 17.2 Å². The summed E-state index contributed by atoms with van der Waals surface area (Å²) in [6.07, 6.45) is 0. The summed E-state index contributed by atoms with van der Waals surface area (Å²) >= 11 is 0. The Bertz CT molecular complexity index is 537. The predicted octanol–water partition coefficient (Wildman–Crippen LogP) is 4.16. The zero-order chi connectivity index (χ0) is 14.4. The van der Waals surface area contributed by atoms with Crippen molar-refractivity contribution in [1.29, 1.82) is 0 Å². The second-order valence-electron chi connectivity index (χ2n) is 4.55. The van der Waals surface area contributed by atoms with Gasteiger partial charge < -0.3 is 14.8 Å². The number of rotatable bonds is 6. The van der Waals surface area contributed by atoms with E-state index in [4.69, 9.17) is 9.47 Å². The third-order valence-electron chi connectivity index (χ3n) is 3.18. The fourth-order valence-corrected chi connectivity index (χ4v) is 1.98. The van der Waals surface area contributed by atoms with E-state index in [1.165, 1.54) is 0 Å². The van der Waals surface area contributed by atoms with Gasteiger partial charge in [0.1, 0.15) is 17.2 Å². The van der Waals surface area contributed by atoms with Gasteiger partial charge in [0.25, 0.3) is 0 Å². The van der Waals surface area contributed by atoms with Crippen LogP contribution in [0.1, 0.15) is 25.5 Å². The highest BCUT2D eigenvalue weighted by atomic mass is 16.5. The highest BCUT2D eigenvalue weighted by Gasteiger charge is 2.10. The number of ether oxygens (including phenoxy) is 2. The lowest BCUT2D eigenvalue weighted by Crippen LogP contribution is -2.13. The van der Waals surface area contributed by atoms with Gasteiger partial charge in [-0.1, -0.05) is 18.2 Å². The molecule has 0 aromatic heterocycles. The predicted molar refractivity (Wildman–Crippen MR) is 81.6 cm³/mol. The highest BCUT2D eigenvalue weighted by molar-refractivity contribution is 5.40. The van der Waals surface area contributed by atoms with Crippen molar-refractivity contribution >= 4 is 0 Å². The van der Waals surface area contributed by atoms with Crippen molar-refractivity contribution in [2.45, 2.75) is 19.9 Å².